The van der Waals surface area contributed by atoms with Crippen molar-refractivity contribution < 1.29 is 19.1 Å². The number of aromatic carboxylic acids is 1. The molecule has 3 N–H and O–H groups in total. The minimum Gasteiger partial charge on any atom is -0.478 e. The van der Waals surface area contributed by atoms with Gasteiger partial charge in [-0.25, -0.2) is 9.18 Å². The van der Waals surface area contributed by atoms with Crippen LogP contribution in [0.25, 0.3) is 0 Å². The smallest absolute Gasteiger partial charge is 0.337 e. The number of nitrogens with zero attached hydrogens (tertiary/aromatic N) is 1. The first kappa shape index (κ1) is 15.4. The maximum Gasteiger partial charge on any atom is 0.337 e. The second-order valence-electron chi connectivity index (χ2n) is 4.90. The lowest BCUT2D eigenvalue weighted by molar-refractivity contribution is -0.117. The quantitative estimate of drug-likeness (QED) is 0.764. The molecular weight excluding hydrogens is 277 g/mol. The largest absolute Gasteiger partial charge is 0.478 e. The van der Waals surface area contributed by atoms with E-state index in [2.05, 4.69) is 10.6 Å². The summed E-state index contributed by atoms with van der Waals surface area (Å²) in [4.78, 5) is 25.0. The molecule has 0 spiro atoms. The van der Waals surface area contributed by atoms with Gasteiger partial charge in [0.25, 0.3) is 0 Å². The molecule has 1 amide bonds. The number of rotatable bonds is 4. The molecule has 0 atom stereocenters. The number of halogens is 1. The summed E-state index contributed by atoms with van der Waals surface area (Å²) >= 11 is 0. The summed E-state index contributed by atoms with van der Waals surface area (Å²) in [6.45, 7) is 3.34. The number of para-hydroxylation sites is 1. The minimum absolute atomic E-state index is 0.120. The SMILES string of the molecule is O=C(CN1CCCNCC1)Nc1c(F)cccc1C(=O)O. The van der Waals surface area contributed by atoms with Crippen LogP contribution in [0.4, 0.5) is 10.1 Å². The fourth-order valence-corrected chi connectivity index (χ4v) is 2.27. The molecule has 0 radical (unpaired) electrons. The zero-order valence-corrected chi connectivity index (χ0v) is 11.6. The van der Waals surface area contributed by atoms with E-state index in [1.807, 2.05) is 4.90 Å². The predicted octanol–water partition coefficient (Wildman–Crippen LogP) is 0.758. The third-order valence-corrected chi connectivity index (χ3v) is 3.31. The number of nitrogens with one attached hydrogen (secondary N) is 2. The van der Waals surface area contributed by atoms with Crippen LogP contribution in [0.1, 0.15) is 16.8 Å². The van der Waals surface area contributed by atoms with Crippen LogP contribution in [-0.2, 0) is 4.79 Å². The predicted molar refractivity (Wildman–Crippen MR) is 75.9 cm³/mol. The number of carbonyl (C=O) groups excluding carboxylic acids is 1. The number of carboxylic acid groups (broad SMARTS) is 1. The Bertz CT molecular complexity index is 528. The van der Waals surface area contributed by atoms with E-state index < -0.39 is 17.7 Å². The van der Waals surface area contributed by atoms with Gasteiger partial charge in [-0.3, -0.25) is 9.69 Å². The summed E-state index contributed by atoms with van der Waals surface area (Å²) < 4.78 is 13.7. The molecular formula is C14H18FN3O3. The highest BCUT2D eigenvalue weighted by Gasteiger charge is 2.18. The maximum absolute atomic E-state index is 13.7. The lowest BCUT2D eigenvalue weighted by Gasteiger charge is -2.19. The molecule has 6 nitrogen and oxygen atoms in total. The normalized spacial score (nSPS) is 16.2. The molecule has 1 saturated heterocycles. The van der Waals surface area contributed by atoms with E-state index in [9.17, 15) is 14.0 Å². The van der Waals surface area contributed by atoms with E-state index in [1.165, 1.54) is 12.1 Å². The van der Waals surface area contributed by atoms with Crippen molar-refractivity contribution in [2.24, 2.45) is 0 Å². The number of carboxylic acids is 1. The molecule has 1 heterocycles. The molecule has 0 saturated carbocycles. The standard InChI is InChI=1S/C14H18FN3O3/c15-11-4-1-3-10(14(20)21)13(11)17-12(19)9-18-7-2-5-16-6-8-18/h1,3-4,16H,2,5-9H2,(H,17,19)(H,20,21). The second-order valence-corrected chi connectivity index (χ2v) is 4.90. The van der Waals surface area contributed by atoms with E-state index in [1.54, 1.807) is 0 Å². The molecule has 1 aliphatic rings. The molecule has 1 aromatic carbocycles. The molecule has 0 aromatic heterocycles. The molecule has 0 unspecified atom stereocenters. The minimum atomic E-state index is -1.27. The van der Waals surface area contributed by atoms with Crippen molar-refractivity contribution in [1.29, 1.82) is 0 Å². The number of benzene rings is 1. The van der Waals surface area contributed by atoms with Crippen LogP contribution >= 0.6 is 0 Å². The Morgan fingerprint density at radius 2 is 2.14 bits per heavy atom. The summed E-state index contributed by atoms with van der Waals surface area (Å²) in [5.41, 5.74) is -0.524. The zero-order valence-electron chi connectivity index (χ0n) is 11.6. The highest BCUT2D eigenvalue weighted by Crippen LogP contribution is 2.19. The monoisotopic (exact) mass is 295 g/mol. The topological polar surface area (TPSA) is 81.7 Å². The second kappa shape index (κ2) is 7.14. The van der Waals surface area contributed by atoms with E-state index in [0.717, 1.165) is 38.7 Å². The summed E-state index contributed by atoms with van der Waals surface area (Å²) in [5.74, 6) is -2.44. The van der Waals surface area contributed by atoms with Gasteiger partial charge in [-0.1, -0.05) is 6.07 Å². The summed E-state index contributed by atoms with van der Waals surface area (Å²) in [6.07, 6.45) is 0.938. The average molecular weight is 295 g/mol. The first-order valence-corrected chi connectivity index (χ1v) is 6.82. The van der Waals surface area contributed by atoms with Gasteiger partial charge in [0.2, 0.25) is 5.91 Å². The van der Waals surface area contributed by atoms with Crippen molar-refractivity contribution in [3.05, 3.63) is 29.6 Å². The molecule has 21 heavy (non-hydrogen) atoms. The van der Waals surface area contributed by atoms with E-state index in [-0.39, 0.29) is 17.8 Å². The molecule has 7 heteroatoms. The van der Waals surface area contributed by atoms with Crippen molar-refractivity contribution in [3.8, 4) is 0 Å². The van der Waals surface area contributed by atoms with Gasteiger partial charge in [-0.15, -0.1) is 0 Å². The van der Waals surface area contributed by atoms with Gasteiger partial charge >= 0.3 is 5.97 Å². The molecule has 1 fully saturated rings. The third-order valence-electron chi connectivity index (χ3n) is 3.31. The molecule has 0 aliphatic carbocycles. The number of anilines is 1. The Morgan fingerprint density at radius 3 is 2.90 bits per heavy atom. The van der Waals surface area contributed by atoms with Gasteiger partial charge in [0, 0.05) is 13.1 Å². The Kier molecular flexibility index (Phi) is 5.24. The van der Waals surface area contributed by atoms with Crippen LogP contribution in [0.5, 0.6) is 0 Å². The fourth-order valence-electron chi connectivity index (χ4n) is 2.27. The first-order chi connectivity index (χ1) is 10.1. The van der Waals surface area contributed by atoms with Crippen molar-refractivity contribution in [2.45, 2.75) is 6.42 Å². The maximum atomic E-state index is 13.7. The first-order valence-electron chi connectivity index (χ1n) is 6.82. The number of carbonyl (C=O) groups is 2. The van der Waals surface area contributed by atoms with Crippen LogP contribution in [0.2, 0.25) is 0 Å². The van der Waals surface area contributed by atoms with E-state index >= 15 is 0 Å². The van der Waals surface area contributed by atoms with Gasteiger partial charge in [0.05, 0.1) is 17.8 Å². The summed E-state index contributed by atoms with van der Waals surface area (Å²) in [6, 6.07) is 3.68. The molecule has 1 aliphatic heterocycles. The highest BCUT2D eigenvalue weighted by atomic mass is 19.1. The Hall–Kier alpha value is -1.99. The van der Waals surface area contributed by atoms with Gasteiger partial charge < -0.3 is 15.7 Å². The van der Waals surface area contributed by atoms with Gasteiger partial charge in [-0.2, -0.15) is 0 Å². The van der Waals surface area contributed by atoms with Crippen molar-refractivity contribution in [1.82, 2.24) is 10.2 Å². The zero-order chi connectivity index (χ0) is 15.2. The summed E-state index contributed by atoms with van der Waals surface area (Å²) in [5, 5.41) is 14.6. The number of hydrogen-bond donors (Lipinski definition) is 3. The van der Waals surface area contributed by atoms with Gasteiger partial charge in [0.1, 0.15) is 5.82 Å². The van der Waals surface area contributed by atoms with Crippen molar-refractivity contribution in [3.63, 3.8) is 0 Å². The van der Waals surface area contributed by atoms with Crippen LogP contribution in [-0.4, -0.2) is 54.6 Å². The van der Waals surface area contributed by atoms with Crippen LogP contribution < -0.4 is 10.6 Å². The van der Waals surface area contributed by atoms with Crippen molar-refractivity contribution >= 4 is 17.6 Å². The Labute approximate surface area is 121 Å². The lowest BCUT2D eigenvalue weighted by atomic mass is 10.1. The molecule has 114 valence electrons. The van der Waals surface area contributed by atoms with Crippen LogP contribution in [0, 0.1) is 5.82 Å². The summed E-state index contributed by atoms with van der Waals surface area (Å²) in [7, 11) is 0. The number of hydrogen-bond acceptors (Lipinski definition) is 4. The Morgan fingerprint density at radius 1 is 1.33 bits per heavy atom. The van der Waals surface area contributed by atoms with Crippen molar-refractivity contribution in [2.75, 3.05) is 38.0 Å². The average Bonchev–Trinajstić information content (AvgIpc) is 2.69. The lowest BCUT2D eigenvalue weighted by Crippen LogP contribution is -2.36. The van der Waals surface area contributed by atoms with Crippen LogP contribution in [0.3, 0.4) is 0 Å². The molecule has 0 bridgehead atoms. The number of amides is 1. The van der Waals surface area contributed by atoms with Gasteiger partial charge in [0.15, 0.2) is 0 Å². The fraction of sp³-hybridized carbons (Fsp3) is 0.429. The Balaban J connectivity index is 2.03. The van der Waals surface area contributed by atoms with Crippen LogP contribution in [0.15, 0.2) is 18.2 Å². The molecule has 1 aromatic rings. The molecule has 2 rings (SSSR count). The van der Waals surface area contributed by atoms with Gasteiger partial charge in [-0.05, 0) is 31.6 Å². The third kappa shape index (κ3) is 4.24. The van der Waals surface area contributed by atoms with E-state index in [0.29, 0.717) is 0 Å². The highest BCUT2D eigenvalue weighted by molar-refractivity contribution is 6.01. The van der Waals surface area contributed by atoms with E-state index in [4.69, 9.17) is 5.11 Å².